The minimum Gasteiger partial charge on any atom is -0.469 e. The van der Waals surface area contributed by atoms with Crippen LogP contribution in [0, 0.1) is 6.92 Å². The molecule has 0 fully saturated rings. The molecule has 3 aromatic rings. The molecule has 23 heavy (non-hydrogen) atoms. The molecule has 7 heteroatoms. The summed E-state index contributed by atoms with van der Waals surface area (Å²) in [4.78, 5) is 15.0. The highest BCUT2D eigenvalue weighted by molar-refractivity contribution is 7.09. The summed E-state index contributed by atoms with van der Waals surface area (Å²) in [6, 6.07) is 5.79. The predicted molar refractivity (Wildman–Crippen MR) is 85.9 cm³/mol. The number of rotatable bonds is 6. The normalized spacial score (nSPS) is 10.9. The van der Waals surface area contributed by atoms with Gasteiger partial charge in [0.2, 0.25) is 11.8 Å². The van der Waals surface area contributed by atoms with Gasteiger partial charge in [0.05, 0.1) is 18.4 Å². The van der Waals surface area contributed by atoms with Crippen molar-refractivity contribution in [3.63, 3.8) is 0 Å². The molecule has 0 atom stereocenters. The maximum atomic E-state index is 12.2. The van der Waals surface area contributed by atoms with E-state index >= 15 is 0 Å². The monoisotopic (exact) mass is 331 g/mol. The zero-order valence-corrected chi connectivity index (χ0v) is 13.8. The number of hydrogen-bond acceptors (Lipinski definition) is 6. The number of amides is 1. The molecule has 3 heterocycles. The zero-order valence-electron chi connectivity index (χ0n) is 13.0. The van der Waals surface area contributed by atoms with E-state index in [2.05, 4.69) is 10.2 Å². The van der Waals surface area contributed by atoms with Gasteiger partial charge in [-0.2, -0.15) is 0 Å². The summed E-state index contributed by atoms with van der Waals surface area (Å²) in [5.74, 6) is 1.66. The molecule has 0 unspecified atom stereocenters. The van der Waals surface area contributed by atoms with Crippen molar-refractivity contribution in [1.29, 1.82) is 0 Å². The van der Waals surface area contributed by atoms with Crippen molar-refractivity contribution in [2.24, 2.45) is 0 Å². The Kier molecular flexibility index (Phi) is 4.57. The molecule has 0 spiro atoms. The highest BCUT2D eigenvalue weighted by Crippen LogP contribution is 2.23. The molecule has 3 aromatic heterocycles. The Labute approximate surface area is 137 Å². The third-order valence-corrected chi connectivity index (χ3v) is 4.37. The fraction of sp³-hybridized carbons (Fsp3) is 0.312. The van der Waals surface area contributed by atoms with Gasteiger partial charge in [0.1, 0.15) is 5.76 Å². The molecule has 0 aliphatic carbocycles. The van der Waals surface area contributed by atoms with E-state index in [4.69, 9.17) is 8.83 Å². The predicted octanol–water partition coefficient (Wildman–Crippen LogP) is 3.29. The smallest absolute Gasteiger partial charge is 0.251 e. The number of hydrogen-bond donors (Lipinski definition) is 0. The number of nitrogens with zero attached hydrogens (tertiary/aromatic N) is 3. The first-order valence-corrected chi connectivity index (χ1v) is 8.14. The van der Waals surface area contributed by atoms with Gasteiger partial charge in [-0.3, -0.25) is 4.79 Å². The van der Waals surface area contributed by atoms with Crippen LogP contribution in [0.1, 0.15) is 22.9 Å². The second-order valence-electron chi connectivity index (χ2n) is 5.22. The molecule has 6 nitrogen and oxygen atoms in total. The highest BCUT2D eigenvalue weighted by Gasteiger charge is 2.15. The minimum atomic E-state index is 0.0534. The van der Waals surface area contributed by atoms with Crippen LogP contribution in [0.5, 0.6) is 0 Å². The van der Waals surface area contributed by atoms with E-state index in [0.29, 0.717) is 31.2 Å². The molecule has 0 saturated heterocycles. The average molecular weight is 331 g/mol. The topological polar surface area (TPSA) is 72.4 Å². The number of aryl methyl sites for hydroxylation is 2. The maximum Gasteiger partial charge on any atom is 0.251 e. The second-order valence-corrected chi connectivity index (χ2v) is 6.25. The highest BCUT2D eigenvalue weighted by atomic mass is 32.1. The van der Waals surface area contributed by atoms with E-state index in [0.717, 1.165) is 16.2 Å². The Morgan fingerprint density at radius 3 is 2.91 bits per heavy atom. The van der Waals surface area contributed by atoms with Gasteiger partial charge >= 0.3 is 0 Å². The van der Waals surface area contributed by atoms with Crippen LogP contribution < -0.4 is 0 Å². The summed E-state index contributed by atoms with van der Waals surface area (Å²) in [5, 5.41) is 10.0. The summed E-state index contributed by atoms with van der Waals surface area (Å²) in [5.41, 5.74) is 0.782. The first kappa shape index (κ1) is 15.5. The van der Waals surface area contributed by atoms with E-state index in [-0.39, 0.29) is 5.91 Å². The lowest BCUT2D eigenvalue weighted by Crippen LogP contribution is -2.26. The number of carbonyl (C=O) groups is 1. The number of carbonyl (C=O) groups excluding carboxylic acids is 1. The average Bonchev–Trinajstić information content (AvgIpc) is 3.26. The molecule has 0 aliphatic heterocycles. The molecule has 0 bridgehead atoms. The Bertz CT molecular complexity index is 776. The molecule has 3 rings (SSSR count). The molecule has 0 saturated carbocycles. The lowest BCUT2D eigenvalue weighted by atomic mass is 10.2. The second kappa shape index (κ2) is 6.78. The van der Waals surface area contributed by atoms with Crippen molar-refractivity contribution >= 4 is 17.2 Å². The van der Waals surface area contributed by atoms with Crippen molar-refractivity contribution < 1.29 is 13.6 Å². The van der Waals surface area contributed by atoms with Crippen molar-refractivity contribution in [3.8, 4) is 11.5 Å². The fourth-order valence-corrected chi connectivity index (χ4v) is 2.96. The summed E-state index contributed by atoms with van der Waals surface area (Å²) < 4.78 is 10.8. The van der Waals surface area contributed by atoms with Crippen LogP contribution in [-0.2, 0) is 17.8 Å². The van der Waals surface area contributed by atoms with Crippen molar-refractivity contribution in [2.45, 2.75) is 26.3 Å². The SMILES string of the molecule is Cc1occc1-c1nnc(CCC(=O)N(C)Cc2cccs2)o1. The van der Waals surface area contributed by atoms with Crippen LogP contribution in [0.2, 0.25) is 0 Å². The van der Waals surface area contributed by atoms with Crippen molar-refractivity contribution in [2.75, 3.05) is 7.05 Å². The van der Waals surface area contributed by atoms with Gasteiger partial charge in [0, 0.05) is 24.8 Å². The van der Waals surface area contributed by atoms with Gasteiger partial charge in [-0.25, -0.2) is 0 Å². The zero-order chi connectivity index (χ0) is 16.2. The number of aromatic nitrogens is 2. The van der Waals surface area contributed by atoms with Crippen LogP contribution in [0.3, 0.4) is 0 Å². The van der Waals surface area contributed by atoms with Crippen molar-refractivity contribution in [1.82, 2.24) is 15.1 Å². The maximum absolute atomic E-state index is 12.2. The molecule has 0 radical (unpaired) electrons. The molecule has 1 amide bonds. The van der Waals surface area contributed by atoms with Crippen LogP contribution in [0.4, 0.5) is 0 Å². The van der Waals surface area contributed by atoms with Gasteiger partial charge in [0.15, 0.2) is 0 Å². The Morgan fingerprint density at radius 1 is 1.35 bits per heavy atom. The van der Waals surface area contributed by atoms with Crippen LogP contribution >= 0.6 is 11.3 Å². The first-order valence-electron chi connectivity index (χ1n) is 7.26. The lowest BCUT2D eigenvalue weighted by Gasteiger charge is -2.15. The van der Waals surface area contributed by atoms with Gasteiger partial charge < -0.3 is 13.7 Å². The standard InChI is InChI=1S/C16H17N3O3S/c1-11-13(7-8-21-11)16-18-17-14(22-16)5-6-15(20)19(2)10-12-4-3-9-23-12/h3-4,7-9H,5-6,10H2,1-2H3. The molecular weight excluding hydrogens is 314 g/mol. The van der Waals surface area contributed by atoms with E-state index in [1.165, 1.54) is 0 Å². The van der Waals surface area contributed by atoms with Gasteiger partial charge in [0.25, 0.3) is 5.89 Å². The fourth-order valence-electron chi connectivity index (χ4n) is 2.20. The van der Waals surface area contributed by atoms with E-state index in [1.807, 2.05) is 24.4 Å². The summed E-state index contributed by atoms with van der Waals surface area (Å²) >= 11 is 1.64. The Morgan fingerprint density at radius 2 is 2.22 bits per heavy atom. The molecular formula is C16H17N3O3S. The third-order valence-electron chi connectivity index (χ3n) is 3.51. The largest absolute Gasteiger partial charge is 0.469 e. The van der Waals surface area contributed by atoms with Gasteiger partial charge in [-0.15, -0.1) is 21.5 Å². The molecule has 0 N–H and O–H groups in total. The third kappa shape index (κ3) is 3.68. The quantitative estimate of drug-likeness (QED) is 0.693. The Balaban J connectivity index is 1.55. The van der Waals surface area contributed by atoms with Crippen LogP contribution in [0.15, 0.2) is 38.7 Å². The van der Waals surface area contributed by atoms with E-state index in [1.54, 1.807) is 35.6 Å². The van der Waals surface area contributed by atoms with E-state index < -0.39 is 0 Å². The van der Waals surface area contributed by atoms with Crippen LogP contribution in [-0.4, -0.2) is 28.1 Å². The molecule has 0 aliphatic rings. The molecule has 120 valence electrons. The van der Waals surface area contributed by atoms with Gasteiger partial charge in [-0.05, 0) is 24.4 Å². The first-order chi connectivity index (χ1) is 11.1. The summed E-state index contributed by atoms with van der Waals surface area (Å²) in [6.07, 6.45) is 2.35. The van der Waals surface area contributed by atoms with Crippen LogP contribution in [0.25, 0.3) is 11.5 Å². The van der Waals surface area contributed by atoms with Gasteiger partial charge in [-0.1, -0.05) is 6.07 Å². The summed E-state index contributed by atoms with van der Waals surface area (Å²) in [7, 11) is 1.80. The number of furan rings is 1. The molecule has 0 aromatic carbocycles. The summed E-state index contributed by atoms with van der Waals surface area (Å²) in [6.45, 7) is 2.46. The minimum absolute atomic E-state index is 0.0534. The lowest BCUT2D eigenvalue weighted by molar-refractivity contribution is -0.130. The van der Waals surface area contributed by atoms with Crippen molar-refractivity contribution in [3.05, 3.63) is 46.4 Å². The van der Waals surface area contributed by atoms with E-state index in [9.17, 15) is 4.79 Å². The Hall–Kier alpha value is -2.41. The number of thiophene rings is 1.